The van der Waals surface area contributed by atoms with Crippen molar-refractivity contribution in [3.05, 3.63) is 42.5 Å². The van der Waals surface area contributed by atoms with E-state index in [-0.39, 0.29) is 16.6 Å². The molecule has 0 unspecified atom stereocenters. The Kier molecular flexibility index (Phi) is 4.71. The van der Waals surface area contributed by atoms with Crippen LogP contribution in [-0.4, -0.2) is 34.3 Å². The molecule has 2 aromatic carbocycles. The molecule has 0 saturated carbocycles. The Morgan fingerprint density at radius 3 is 2.29 bits per heavy atom. The van der Waals surface area contributed by atoms with Crippen molar-refractivity contribution in [1.82, 2.24) is 0 Å². The van der Waals surface area contributed by atoms with Gasteiger partial charge in [-0.3, -0.25) is 0 Å². The number of benzene rings is 2. The molecule has 0 heterocycles. The first-order chi connectivity index (χ1) is 9.97. The minimum absolute atomic E-state index is 0.136. The Morgan fingerprint density at radius 2 is 1.62 bits per heavy atom. The van der Waals surface area contributed by atoms with Crippen molar-refractivity contribution in [2.45, 2.75) is 0 Å². The van der Waals surface area contributed by atoms with Crippen LogP contribution in [0.2, 0.25) is 0 Å². The van der Waals surface area contributed by atoms with E-state index in [1.54, 1.807) is 18.2 Å². The van der Waals surface area contributed by atoms with Crippen LogP contribution in [0, 0.1) is 0 Å². The van der Waals surface area contributed by atoms with Gasteiger partial charge >= 0.3 is 14.2 Å². The van der Waals surface area contributed by atoms with Gasteiger partial charge in [0.15, 0.2) is 0 Å². The number of hydrogen-bond donors (Lipinski definition) is 5. The molecule has 0 fully saturated rings. The minimum atomic E-state index is -1.71. The maximum Gasteiger partial charge on any atom is 0.490 e. The molecule has 0 aliphatic rings. The number of rotatable bonds is 4. The normalized spacial score (nSPS) is 10.9. The third-order valence-electron chi connectivity index (χ3n) is 2.77. The number of nitrogens with zero attached hydrogens (tertiary/aromatic N) is 2. The molecule has 9 heteroatoms. The fourth-order valence-electron chi connectivity index (χ4n) is 1.73. The van der Waals surface area contributed by atoms with Crippen LogP contribution in [0.3, 0.4) is 0 Å². The summed E-state index contributed by atoms with van der Waals surface area (Å²) in [6.07, 6.45) is 0. The highest BCUT2D eigenvalue weighted by Gasteiger charge is 2.16. The summed E-state index contributed by atoms with van der Waals surface area (Å²) >= 11 is 0. The standard InChI is InChI=1S/C12H13B2N3O4/c15-9-4-5-12(11(7-9)14(20)21)17-16-10-3-1-2-8(6-10)13(18)19/h1-7,18-21H,15H2. The zero-order chi connectivity index (χ0) is 15.4. The third kappa shape index (κ3) is 3.89. The highest BCUT2D eigenvalue weighted by Crippen LogP contribution is 2.17. The molecule has 0 aliphatic heterocycles. The van der Waals surface area contributed by atoms with Crippen molar-refractivity contribution in [3.63, 3.8) is 0 Å². The first kappa shape index (κ1) is 15.2. The van der Waals surface area contributed by atoms with Gasteiger partial charge in [0.2, 0.25) is 0 Å². The lowest BCUT2D eigenvalue weighted by molar-refractivity contribution is 0.424. The Balaban J connectivity index is 2.31. The van der Waals surface area contributed by atoms with Gasteiger partial charge in [0.1, 0.15) is 0 Å². The topological polar surface area (TPSA) is 132 Å². The third-order valence-corrected chi connectivity index (χ3v) is 2.77. The van der Waals surface area contributed by atoms with E-state index in [0.717, 1.165) is 0 Å². The smallest absolute Gasteiger partial charge is 0.423 e. The quantitative estimate of drug-likeness (QED) is 0.280. The fourth-order valence-corrected chi connectivity index (χ4v) is 1.73. The largest absolute Gasteiger partial charge is 0.490 e. The van der Waals surface area contributed by atoms with Gasteiger partial charge in [-0.2, -0.15) is 10.2 Å². The van der Waals surface area contributed by atoms with Crippen molar-refractivity contribution in [3.8, 4) is 0 Å². The number of anilines is 1. The Hall–Kier alpha value is -2.19. The molecule has 0 spiro atoms. The summed E-state index contributed by atoms with van der Waals surface area (Å²) in [4.78, 5) is 0. The molecular formula is C12H13B2N3O4. The van der Waals surface area contributed by atoms with E-state index < -0.39 is 14.2 Å². The first-order valence-electron chi connectivity index (χ1n) is 6.11. The SMILES string of the molecule is Nc1ccc(N=Nc2cccc(B(O)O)c2)c(B(O)O)c1. The van der Waals surface area contributed by atoms with Crippen molar-refractivity contribution in [1.29, 1.82) is 0 Å². The van der Waals surface area contributed by atoms with Crippen LogP contribution in [0.25, 0.3) is 0 Å². The van der Waals surface area contributed by atoms with Gasteiger partial charge in [0.25, 0.3) is 0 Å². The molecule has 0 aliphatic carbocycles. The van der Waals surface area contributed by atoms with Gasteiger partial charge in [-0.1, -0.05) is 12.1 Å². The fraction of sp³-hybridized carbons (Fsp3) is 0. The minimum Gasteiger partial charge on any atom is -0.423 e. The second-order valence-corrected chi connectivity index (χ2v) is 4.36. The number of nitrogens with two attached hydrogens (primary N) is 1. The number of hydrogen-bond acceptors (Lipinski definition) is 7. The molecule has 7 nitrogen and oxygen atoms in total. The monoisotopic (exact) mass is 285 g/mol. The summed E-state index contributed by atoms with van der Waals surface area (Å²) in [7, 11) is -3.31. The summed E-state index contributed by atoms with van der Waals surface area (Å²) in [6.45, 7) is 0. The van der Waals surface area contributed by atoms with Crippen LogP contribution >= 0.6 is 0 Å². The molecule has 0 radical (unpaired) electrons. The highest BCUT2D eigenvalue weighted by atomic mass is 16.4. The van der Waals surface area contributed by atoms with Crippen molar-refractivity contribution < 1.29 is 20.1 Å². The molecule has 106 valence electrons. The lowest BCUT2D eigenvalue weighted by Gasteiger charge is -2.05. The molecular weight excluding hydrogens is 272 g/mol. The highest BCUT2D eigenvalue weighted by molar-refractivity contribution is 6.60. The summed E-state index contributed by atoms with van der Waals surface area (Å²) < 4.78 is 0. The zero-order valence-electron chi connectivity index (χ0n) is 11.0. The van der Waals surface area contributed by atoms with Gasteiger partial charge in [-0.05, 0) is 35.8 Å². The molecule has 0 atom stereocenters. The Labute approximate surface area is 121 Å². The Morgan fingerprint density at radius 1 is 0.857 bits per heavy atom. The molecule has 0 aromatic heterocycles. The van der Waals surface area contributed by atoms with Crippen molar-refractivity contribution in [2.75, 3.05) is 5.73 Å². The maximum atomic E-state index is 9.28. The lowest BCUT2D eigenvalue weighted by atomic mass is 9.79. The predicted molar refractivity (Wildman–Crippen MR) is 81.1 cm³/mol. The van der Waals surface area contributed by atoms with E-state index in [1.807, 2.05) is 0 Å². The molecule has 6 N–H and O–H groups in total. The van der Waals surface area contributed by atoms with Crippen molar-refractivity contribution in [2.24, 2.45) is 10.2 Å². The number of azo groups is 1. The van der Waals surface area contributed by atoms with E-state index in [4.69, 9.17) is 15.8 Å². The average molecular weight is 285 g/mol. The first-order valence-corrected chi connectivity index (χ1v) is 6.11. The van der Waals surface area contributed by atoms with Gasteiger partial charge in [0, 0.05) is 11.2 Å². The van der Waals surface area contributed by atoms with E-state index >= 15 is 0 Å². The second-order valence-electron chi connectivity index (χ2n) is 4.36. The molecule has 0 saturated heterocycles. The van der Waals surface area contributed by atoms with Crippen LogP contribution in [0.5, 0.6) is 0 Å². The van der Waals surface area contributed by atoms with Gasteiger partial charge in [-0.15, -0.1) is 0 Å². The maximum absolute atomic E-state index is 9.28. The molecule has 0 bridgehead atoms. The second kappa shape index (κ2) is 6.51. The summed E-state index contributed by atoms with van der Waals surface area (Å²) in [5.41, 5.74) is 7.03. The van der Waals surface area contributed by atoms with Crippen molar-refractivity contribution >= 4 is 42.2 Å². The van der Waals surface area contributed by atoms with Crippen LogP contribution in [0.1, 0.15) is 0 Å². The van der Waals surface area contributed by atoms with Gasteiger partial charge < -0.3 is 25.8 Å². The summed E-state index contributed by atoms with van der Waals surface area (Å²) in [6, 6.07) is 10.7. The predicted octanol–water partition coefficient (Wildman–Crippen LogP) is -0.956. The van der Waals surface area contributed by atoms with Crippen LogP contribution in [0.4, 0.5) is 17.1 Å². The van der Waals surface area contributed by atoms with E-state index in [9.17, 15) is 10.0 Å². The van der Waals surface area contributed by atoms with Gasteiger partial charge in [0.05, 0.1) is 11.4 Å². The van der Waals surface area contributed by atoms with E-state index in [0.29, 0.717) is 11.4 Å². The van der Waals surface area contributed by atoms with Gasteiger partial charge in [-0.25, -0.2) is 0 Å². The molecule has 21 heavy (non-hydrogen) atoms. The Bertz CT molecular complexity index is 665. The van der Waals surface area contributed by atoms with Crippen LogP contribution in [-0.2, 0) is 0 Å². The van der Waals surface area contributed by atoms with E-state index in [2.05, 4.69) is 10.2 Å². The van der Waals surface area contributed by atoms with Crippen LogP contribution in [0.15, 0.2) is 52.7 Å². The lowest BCUT2D eigenvalue weighted by Crippen LogP contribution is -2.30. The van der Waals surface area contributed by atoms with E-state index in [1.165, 1.54) is 24.3 Å². The number of nitrogen functional groups attached to an aromatic ring is 1. The molecule has 2 aromatic rings. The summed E-state index contributed by atoms with van der Waals surface area (Å²) in [5, 5.41) is 44.6. The molecule has 0 amide bonds. The molecule has 2 rings (SSSR count). The average Bonchev–Trinajstić information content (AvgIpc) is 2.46. The summed E-state index contributed by atoms with van der Waals surface area (Å²) in [5.74, 6) is 0. The zero-order valence-corrected chi connectivity index (χ0v) is 11.0. The van der Waals surface area contributed by atoms with Crippen LogP contribution < -0.4 is 16.7 Å².